The number of piperidine rings is 1. The monoisotopic (exact) mass is 404 g/mol. The van der Waals surface area contributed by atoms with E-state index >= 15 is 0 Å². The molecular weight excluding hydrogens is 379 g/mol. The lowest BCUT2D eigenvalue weighted by molar-refractivity contribution is -0.130. The highest BCUT2D eigenvalue weighted by Crippen LogP contribution is 2.53. The van der Waals surface area contributed by atoms with Crippen LogP contribution < -0.4 is 15.1 Å². The van der Waals surface area contributed by atoms with E-state index < -0.39 is 18.0 Å². The second kappa shape index (κ2) is 7.20. The van der Waals surface area contributed by atoms with Crippen LogP contribution in [0.5, 0.6) is 0 Å². The maximum Gasteiger partial charge on any atom is 0.414 e. The van der Waals surface area contributed by atoms with Crippen molar-refractivity contribution in [3.8, 4) is 0 Å². The van der Waals surface area contributed by atoms with Crippen molar-refractivity contribution in [3.63, 3.8) is 0 Å². The molecule has 3 atom stereocenters. The molecule has 4 rings (SSSR count). The van der Waals surface area contributed by atoms with Gasteiger partial charge in [0, 0.05) is 40.0 Å². The number of nitrogens with one attached hydrogen (secondary N) is 1. The quantitative estimate of drug-likeness (QED) is 0.794. The van der Waals surface area contributed by atoms with E-state index in [1.807, 2.05) is 4.90 Å². The fourth-order valence-corrected chi connectivity index (χ4v) is 4.40. The van der Waals surface area contributed by atoms with Crippen molar-refractivity contribution in [2.45, 2.75) is 13.0 Å². The molecule has 1 aliphatic carbocycles. The number of fused-ring (bicyclic) bond motifs is 1. The van der Waals surface area contributed by atoms with Gasteiger partial charge in [0.05, 0.1) is 24.5 Å². The average molecular weight is 404 g/mol. The first kappa shape index (κ1) is 19.5. The summed E-state index contributed by atoms with van der Waals surface area (Å²) < 4.78 is 20.0. The van der Waals surface area contributed by atoms with Crippen LogP contribution >= 0.6 is 0 Å². The molecule has 29 heavy (non-hydrogen) atoms. The van der Waals surface area contributed by atoms with Crippen LogP contribution in [0.25, 0.3) is 0 Å². The summed E-state index contributed by atoms with van der Waals surface area (Å²) in [5, 5.41) is 2.61. The molecule has 1 N–H and O–H groups in total. The van der Waals surface area contributed by atoms with Crippen molar-refractivity contribution in [2.75, 3.05) is 50.1 Å². The first-order chi connectivity index (χ1) is 13.8. The third-order valence-electron chi connectivity index (χ3n) is 5.96. The molecule has 0 radical (unpaired) electrons. The first-order valence-corrected chi connectivity index (χ1v) is 9.74. The number of anilines is 2. The van der Waals surface area contributed by atoms with Gasteiger partial charge in [0.15, 0.2) is 0 Å². The van der Waals surface area contributed by atoms with Gasteiger partial charge < -0.3 is 19.9 Å². The fraction of sp³-hybridized carbons (Fsp3) is 0.550. The zero-order chi connectivity index (χ0) is 20.9. The summed E-state index contributed by atoms with van der Waals surface area (Å²) in [4.78, 5) is 40.2. The summed E-state index contributed by atoms with van der Waals surface area (Å²) in [6.07, 6.45) is -1.02. The van der Waals surface area contributed by atoms with Gasteiger partial charge in [-0.3, -0.25) is 14.5 Å². The molecule has 1 aromatic rings. The summed E-state index contributed by atoms with van der Waals surface area (Å²) >= 11 is 0. The lowest BCUT2D eigenvalue weighted by atomic mass is 10.2. The molecule has 0 spiro atoms. The maximum absolute atomic E-state index is 14.8. The molecule has 2 aliphatic heterocycles. The van der Waals surface area contributed by atoms with Gasteiger partial charge in [-0.1, -0.05) is 0 Å². The molecule has 3 amide bonds. The summed E-state index contributed by atoms with van der Waals surface area (Å²) in [7, 11) is 3.52. The molecule has 0 bridgehead atoms. The Labute approximate surface area is 168 Å². The van der Waals surface area contributed by atoms with Gasteiger partial charge in [-0.15, -0.1) is 0 Å². The van der Waals surface area contributed by atoms with Crippen LogP contribution in [0.15, 0.2) is 18.2 Å². The van der Waals surface area contributed by atoms with Crippen LogP contribution in [0.1, 0.15) is 6.92 Å². The number of hydrogen-bond acceptors (Lipinski definition) is 5. The highest BCUT2D eigenvalue weighted by molar-refractivity contribution is 5.90. The molecule has 2 heterocycles. The number of benzene rings is 1. The van der Waals surface area contributed by atoms with Crippen molar-refractivity contribution in [2.24, 2.45) is 17.8 Å². The van der Waals surface area contributed by atoms with E-state index in [1.54, 1.807) is 31.1 Å². The van der Waals surface area contributed by atoms with Gasteiger partial charge in [-0.25, -0.2) is 9.18 Å². The Balaban J connectivity index is 1.39. The number of hydrogen-bond donors (Lipinski definition) is 1. The zero-order valence-electron chi connectivity index (χ0n) is 16.7. The number of cyclic esters (lactones) is 1. The summed E-state index contributed by atoms with van der Waals surface area (Å²) in [6.45, 7) is 3.19. The zero-order valence-corrected chi connectivity index (χ0v) is 16.7. The minimum atomic E-state index is -0.556. The van der Waals surface area contributed by atoms with E-state index in [-0.39, 0.29) is 42.7 Å². The molecule has 156 valence electrons. The smallest absolute Gasteiger partial charge is 0.414 e. The number of carbonyl (C=O) groups is 3. The highest BCUT2D eigenvalue weighted by atomic mass is 19.1. The summed E-state index contributed by atoms with van der Waals surface area (Å²) in [5.74, 6) is 0.171. The van der Waals surface area contributed by atoms with Gasteiger partial charge in [0.25, 0.3) is 0 Å². The van der Waals surface area contributed by atoms with Crippen molar-refractivity contribution in [1.29, 1.82) is 0 Å². The van der Waals surface area contributed by atoms with Crippen LogP contribution in [-0.2, 0) is 14.3 Å². The third-order valence-corrected chi connectivity index (χ3v) is 5.96. The average Bonchev–Trinajstić information content (AvgIpc) is 2.99. The molecular formula is C20H25FN4O4. The molecule has 3 fully saturated rings. The summed E-state index contributed by atoms with van der Waals surface area (Å²) in [5.41, 5.74) is 0.908. The normalized spacial score (nSPS) is 27.5. The SMILES string of the molecule is CC(=O)NC[C@H]1CN(c2ccc(N3CC4C(C3)C4C(=O)N(C)C)c(F)c2)C(=O)O1. The number of rotatable bonds is 5. The first-order valence-electron chi connectivity index (χ1n) is 9.74. The maximum atomic E-state index is 14.8. The van der Waals surface area contributed by atoms with Crippen molar-refractivity contribution >= 4 is 29.3 Å². The lowest BCUT2D eigenvalue weighted by Crippen LogP contribution is -2.33. The van der Waals surface area contributed by atoms with Crippen molar-refractivity contribution in [1.82, 2.24) is 10.2 Å². The molecule has 9 heteroatoms. The van der Waals surface area contributed by atoms with Gasteiger partial charge in [0.1, 0.15) is 11.9 Å². The fourth-order valence-electron chi connectivity index (χ4n) is 4.40. The Bertz CT molecular complexity index is 849. The molecule has 8 nitrogen and oxygen atoms in total. The molecule has 2 saturated heterocycles. The van der Waals surface area contributed by atoms with Crippen LogP contribution in [0.2, 0.25) is 0 Å². The summed E-state index contributed by atoms with van der Waals surface area (Å²) in [6, 6.07) is 4.71. The van der Waals surface area contributed by atoms with Gasteiger partial charge in [0.2, 0.25) is 11.8 Å². The van der Waals surface area contributed by atoms with Gasteiger partial charge in [-0.05, 0) is 30.0 Å². The van der Waals surface area contributed by atoms with E-state index in [9.17, 15) is 18.8 Å². The molecule has 1 aromatic carbocycles. The highest BCUT2D eigenvalue weighted by Gasteiger charge is 2.60. The van der Waals surface area contributed by atoms with Gasteiger partial charge in [-0.2, -0.15) is 0 Å². The van der Waals surface area contributed by atoms with E-state index in [1.165, 1.54) is 17.9 Å². The Hall–Kier alpha value is -2.84. The lowest BCUT2D eigenvalue weighted by Gasteiger charge is -2.24. The predicted molar refractivity (Wildman–Crippen MR) is 104 cm³/mol. The molecule has 3 aliphatic rings. The van der Waals surface area contributed by atoms with Crippen LogP contribution in [0, 0.1) is 23.6 Å². The standard InChI is InChI=1S/C20H25FN4O4/c1-11(26)22-7-13-8-25(20(28)29-13)12-4-5-17(16(21)6-12)24-9-14-15(10-24)18(14)19(27)23(2)3/h4-6,13-15,18H,7-10H2,1-3H3,(H,22,26)/t13-,14?,15?,18?/m0/s1. The van der Waals surface area contributed by atoms with Crippen molar-refractivity contribution < 1.29 is 23.5 Å². The number of halogens is 1. The van der Waals surface area contributed by atoms with E-state index in [2.05, 4.69) is 5.32 Å². The minimum Gasteiger partial charge on any atom is -0.442 e. The van der Waals surface area contributed by atoms with Crippen LogP contribution in [0.4, 0.5) is 20.6 Å². The Morgan fingerprint density at radius 1 is 1.24 bits per heavy atom. The number of amides is 3. The Morgan fingerprint density at radius 2 is 1.93 bits per heavy atom. The second-order valence-corrected chi connectivity index (χ2v) is 8.18. The van der Waals surface area contributed by atoms with Gasteiger partial charge >= 0.3 is 6.09 Å². The minimum absolute atomic E-state index is 0.0588. The van der Waals surface area contributed by atoms with E-state index in [0.717, 1.165) is 0 Å². The van der Waals surface area contributed by atoms with Crippen molar-refractivity contribution in [3.05, 3.63) is 24.0 Å². The Kier molecular flexibility index (Phi) is 4.84. The predicted octanol–water partition coefficient (Wildman–Crippen LogP) is 1.06. The largest absolute Gasteiger partial charge is 0.442 e. The molecule has 1 saturated carbocycles. The Morgan fingerprint density at radius 3 is 2.52 bits per heavy atom. The van der Waals surface area contributed by atoms with Crippen LogP contribution in [0.3, 0.4) is 0 Å². The number of carbonyl (C=O) groups excluding carboxylic acids is 3. The van der Waals surface area contributed by atoms with Crippen LogP contribution in [-0.4, -0.2) is 69.2 Å². The number of ether oxygens (including phenoxy) is 1. The second-order valence-electron chi connectivity index (χ2n) is 8.18. The molecule has 2 unspecified atom stereocenters. The number of nitrogens with zero attached hydrogens (tertiary/aromatic N) is 3. The topological polar surface area (TPSA) is 82.2 Å². The van der Waals surface area contributed by atoms with E-state index in [0.29, 0.717) is 24.5 Å². The third kappa shape index (κ3) is 3.61. The van der Waals surface area contributed by atoms with E-state index in [4.69, 9.17) is 4.74 Å². The molecule has 0 aromatic heterocycles.